The number of ether oxygens (including phenoxy) is 6. The van der Waals surface area contributed by atoms with Gasteiger partial charge in [0.05, 0.1) is 49.6 Å². The van der Waals surface area contributed by atoms with E-state index in [9.17, 15) is 49.1 Å². The van der Waals surface area contributed by atoms with Gasteiger partial charge in [0.25, 0.3) is 0 Å². The first-order valence-electron chi connectivity index (χ1n) is 19.7. The summed E-state index contributed by atoms with van der Waals surface area (Å²) in [6.07, 6.45) is -23.0. The average molecular weight is 918 g/mol. The molecule has 348 valence electrons. The summed E-state index contributed by atoms with van der Waals surface area (Å²) >= 11 is 0. The number of hydrogen-bond donors (Lipinski definition) is 0. The number of carbonyl (C=O) groups is 2. The maximum absolute atomic E-state index is 15.2. The fourth-order valence-corrected chi connectivity index (χ4v) is 6.81. The van der Waals surface area contributed by atoms with Crippen LogP contribution in [-0.4, -0.2) is 55.2 Å². The fraction of sp³-hybridized carbons (Fsp3) is 0.422. The van der Waals surface area contributed by atoms with Crippen LogP contribution in [-0.2, 0) is 48.8 Å². The van der Waals surface area contributed by atoms with Crippen molar-refractivity contribution in [3.8, 4) is 16.9 Å². The van der Waals surface area contributed by atoms with Crippen LogP contribution < -0.4 is 4.74 Å². The third kappa shape index (κ3) is 12.4. The van der Waals surface area contributed by atoms with Gasteiger partial charge < -0.3 is 28.4 Å². The van der Waals surface area contributed by atoms with Crippen molar-refractivity contribution < 1.29 is 81.9 Å². The molecule has 0 aliphatic carbocycles. The average Bonchev–Trinajstić information content (AvgIpc) is 3.20. The predicted octanol–water partition coefficient (Wildman–Crippen LogP) is 12.8. The Labute approximate surface area is 362 Å². The van der Waals surface area contributed by atoms with Crippen molar-refractivity contribution in [3.63, 3.8) is 0 Å². The Balaban J connectivity index is 1.65. The van der Waals surface area contributed by atoms with Gasteiger partial charge in [0.15, 0.2) is 18.5 Å². The first-order valence-corrected chi connectivity index (χ1v) is 19.7. The summed E-state index contributed by atoms with van der Waals surface area (Å²) in [5, 5.41) is 0. The fourth-order valence-electron chi connectivity index (χ4n) is 6.81. The number of carbonyl (C=O) groups excluding carboxylic acids is 2. The molecular formula is C45H45F10NO8. The SMILES string of the molecule is COc1cc(F)c(C(C)C)cc1-c1ccc(C(F)(F)F)cc1CN(C(=O)OC(C)(C)C)[C@@H](C)C(OC(=O)OC1COC(c2ccccc2)OC1)c1cc(C(F)(F)F)cc(C(F)(F)F)c1. The molecule has 19 heteroatoms. The van der Waals surface area contributed by atoms with Gasteiger partial charge in [0.2, 0.25) is 0 Å². The molecule has 1 heterocycles. The van der Waals surface area contributed by atoms with Crippen molar-refractivity contribution >= 4 is 12.2 Å². The first-order chi connectivity index (χ1) is 29.7. The molecule has 1 fully saturated rings. The second-order valence-corrected chi connectivity index (χ2v) is 16.2. The van der Waals surface area contributed by atoms with E-state index in [4.69, 9.17) is 28.4 Å². The van der Waals surface area contributed by atoms with E-state index >= 15 is 4.39 Å². The van der Waals surface area contributed by atoms with Crippen LogP contribution in [0, 0.1) is 5.82 Å². The van der Waals surface area contributed by atoms with Crippen molar-refractivity contribution in [2.45, 2.75) is 103 Å². The van der Waals surface area contributed by atoms with Crippen LogP contribution in [0.5, 0.6) is 5.75 Å². The number of halogens is 10. The molecule has 64 heavy (non-hydrogen) atoms. The lowest BCUT2D eigenvalue weighted by atomic mass is 9.91. The van der Waals surface area contributed by atoms with Gasteiger partial charge in [0, 0.05) is 17.2 Å². The minimum atomic E-state index is -5.38. The monoisotopic (exact) mass is 917 g/mol. The van der Waals surface area contributed by atoms with Crippen LogP contribution >= 0.6 is 0 Å². The molecule has 0 aromatic heterocycles. The van der Waals surface area contributed by atoms with E-state index in [1.54, 1.807) is 44.2 Å². The van der Waals surface area contributed by atoms with Crippen LogP contribution in [0.4, 0.5) is 53.5 Å². The van der Waals surface area contributed by atoms with Crippen LogP contribution in [0.1, 0.15) is 98.8 Å². The van der Waals surface area contributed by atoms with Crippen molar-refractivity contribution in [3.05, 3.63) is 124 Å². The Hall–Kier alpha value is -5.56. The maximum atomic E-state index is 15.2. The number of rotatable bonds is 11. The number of hydrogen-bond acceptors (Lipinski definition) is 8. The number of alkyl halides is 9. The quantitative estimate of drug-likeness (QED) is 0.108. The summed E-state index contributed by atoms with van der Waals surface area (Å²) < 4.78 is 177. The summed E-state index contributed by atoms with van der Waals surface area (Å²) in [5.74, 6) is -1.26. The van der Waals surface area contributed by atoms with E-state index in [0.717, 1.165) is 25.1 Å². The van der Waals surface area contributed by atoms with Gasteiger partial charge in [-0.05, 0) is 92.3 Å². The van der Waals surface area contributed by atoms with Gasteiger partial charge >= 0.3 is 30.8 Å². The van der Waals surface area contributed by atoms with Crippen LogP contribution in [0.25, 0.3) is 11.1 Å². The number of nitrogens with zero attached hydrogens (tertiary/aromatic N) is 1. The molecule has 4 aromatic rings. The van der Waals surface area contributed by atoms with E-state index in [0.29, 0.717) is 16.5 Å². The first kappa shape index (κ1) is 49.5. The Bertz CT molecular complexity index is 2230. The van der Waals surface area contributed by atoms with Crippen molar-refractivity contribution in [2.24, 2.45) is 0 Å². The molecule has 9 nitrogen and oxygen atoms in total. The topological polar surface area (TPSA) is 92.8 Å². The molecule has 0 saturated carbocycles. The van der Waals surface area contributed by atoms with Gasteiger partial charge in [-0.25, -0.2) is 14.0 Å². The highest BCUT2D eigenvalue weighted by Crippen LogP contribution is 2.43. The summed E-state index contributed by atoms with van der Waals surface area (Å²) in [7, 11) is 1.19. The lowest BCUT2D eigenvalue weighted by molar-refractivity contribution is -0.224. The standard InChI is InChI=1S/C45H45F10NO8/c1-24(2)34-19-35(37(59-7)20-36(34)46)33-14-13-29(43(47,48)49)17-28(33)21-56(40(57)64-42(4,5)6)25(3)38(27-15-30(44(50,51)52)18-31(16-27)45(53,54)55)63-41(58)62-32-22-60-39(61-23-32)26-11-9-8-10-12-26/h8-20,24-25,32,38-39H,21-23H2,1-7H3/t25-,32?,38?,39?/m0/s1. The summed E-state index contributed by atoms with van der Waals surface area (Å²) in [4.78, 5) is 28.5. The Kier molecular flexibility index (Phi) is 14.9. The highest BCUT2D eigenvalue weighted by molar-refractivity contribution is 5.76. The van der Waals surface area contributed by atoms with Gasteiger partial charge in [-0.2, -0.15) is 39.5 Å². The van der Waals surface area contributed by atoms with Crippen molar-refractivity contribution in [1.29, 1.82) is 0 Å². The molecule has 0 spiro atoms. The predicted molar refractivity (Wildman–Crippen MR) is 210 cm³/mol. The normalized spacial score (nSPS) is 17.1. The maximum Gasteiger partial charge on any atom is 0.509 e. The van der Waals surface area contributed by atoms with Crippen molar-refractivity contribution in [1.82, 2.24) is 4.90 Å². The van der Waals surface area contributed by atoms with Gasteiger partial charge in [0.1, 0.15) is 17.2 Å². The summed E-state index contributed by atoms with van der Waals surface area (Å²) in [6, 6.07) is 12.0. The zero-order valence-corrected chi connectivity index (χ0v) is 35.5. The summed E-state index contributed by atoms with van der Waals surface area (Å²) in [5.41, 5.74) is -6.61. The van der Waals surface area contributed by atoms with Crippen LogP contribution in [0.15, 0.2) is 78.9 Å². The highest BCUT2D eigenvalue weighted by Gasteiger charge is 2.42. The van der Waals surface area contributed by atoms with E-state index in [1.165, 1.54) is 33.9 Å². The zero-order valence-electron chi connectivity index (χ0n) is 35.5. The second kappa shape index (κ2) is 19.3. The Morgan fingerprint density at radius 3 is 1.84 bits per heavy atom. The van der Waals surface area contributed by atoms with Gasteiger partial charge in [-0.3, -0.25) is 4.90 Å². The number of methoxy groups -OCH3 is 1. The smallest absolute Gasteiger partial charge is 0.496 e. The Morgan fingerprint density at radius 2 is 1.33 bits per heavy atom. The highest BCUT2D eigenvalue weighted by atomic mass is 19.4. The molecule has 1 amide bonds. The molecule has 0 N–H and O–H groups in total. The molecule has 5 rings (SSSR count). The van der Waals surface area contributed by atoms with E-state index in [2.05, 4.69) is 0 Å². The molecule has 1 unspecified atom stereocenters. The molecule has 2 atom stereocenters. The minimum absolute atomic E-state index is 0.0334. The largest absolute Gasteiger partial charge is 0.509 e. The second-order valence-electron chi connectivity index (χ2n) is 16.2. The lowest BCUT2D eigenvalue weighted by Crippen LogP contribution is -2.45. The van der Waals surface area contributed by atoms with E-state index in [-0.39, 0.29) is 59.4 Å². The zero-order chi connectivity index (χ0) is 47.5. The molecule has 1 aliphatic rings. The minimum Gasteiger partial charge on any atom is -0.496 e. The Morgan fingerprint density at radius 1 is 0.750 bits per heavy atom. The molecule has 0 radical (unpaired) electrons. The van der Waals surface area contributed by atoms with Gasteiger partial charge in [-0.1, -0.05) is 50.2 Å². The summed E-state index contributed by atoms with van der Waals surface area (Å²) in [6.45, 7) is 7.18. The molecular weight excluding hydrogens is 872 g/mol. The molecule has 0 bridgehead atoms. The lowest BCUT2D eigenvalue weighted by Gasteiger charge is -2.37. The van der Waals surface area contributed by atoms with Crippen LogP contribution in [0.3, 0.4) is 0 Å². The van der Waals surface area contributed by atoms with E-state index in [1.807, 2.05) is 0 Å². The number of amides is 1. The van der Waals surface area contributed by atoms with Crippen molar-refractivity contribution in [2.75, 3.05) is 20.3 Å². The van der Waals surface area contributed by atoms with E-state index < -0.39 is 101 Å². The third-order valence-corrected chi connectivity index (χ3v) is 9.93. The molecule has 1 saturated heterocycles. The van der Waals surface area contributed by atoms with Crippen LogP contribution in [0.2, 0.25) is 0 Å². The number of benzene rings is 4. The molecule has 1 aliphatic heterocycles. The third-order valence-electron chi connectivity index (χ3n) is 9.93. The van der Waals surface area contributed by atoms with Gasteiger partial charge in [-0.15, -0.1) is 0 Å². The molecule has 4 aromatic carbocycles.